The molecule has 4 aliphatic carbocycles. The van der Waals surface area contributed by atoms with Gasteiger partial charge in [-0.25, -0.2) is 8.98 Å². The minimum Gasteiger partial charge on any atom is -0.497 e. The van der Waals surface area contributed by atoms with Gasteiger partial charge in [0.1, 0.15) is 5.75 Å². The van der Waals surface area contributed by atoms with Crippen molar-refractivity contribution in [3.63, 3.8) is 0 Å². The lowest BCUT2D eigenvalue weighted by Crippen LogP contribution is -2.55. The van der Waals surface area contributed by atoms with Gasteiger partial charge in [-0.3, -0.25) is 9.35 Å². The number of allylic oxidation sites excluding steroid dienone is 1. The van der Waals surface area contributed by atoms with E-state index in [1.807, 2.05) is 6.92 Å². The number of carboxylic acids is 1. The standard InChI is InChI=1S/C39H57NO9S/c1-22(24(3)36(41)40-35(37(42)43)26-11-13-27(47-7)14-12-26)9-10-23(2)28-15-16-29-34-30(17-19-38(28,29)5)39(6)20-18-32(49-50(44,45)46)25(4)31(39)21-33(34)48-8/h11-14,22-23,25,28,30-33,35H,3,9-10,15-21H2,1-2,4-8H3,(H,40,41)(H,42,43)(H,44,45,46). The maximum absolute atomic E-state index is 13.2. The molecule has 3 fully saturated rings. The highest BCUT2D eigenvalue weighted by atomic mass is 32.3. The highest BCUT2D eigenvalue weighted by Gasteiger charge is 2.60. The maximum atomic E-state index is 13.2. The van der Waals surface area contributed by atoms with Crippen LogP contribution in [0.3, 0.4) is 0 Å². The fraction of sp³-hybridized carbons (Fsp3) is 0.692. The quantitative estimate of drug-likeness (QED) is 0.108. The van der Waals surface area contributed by atoms with Crippen LogP contribution < -0.4 is 10.1 Å². The molecule has 1 aromatic carbocycles. The smallest absolute Gasteiger partial charge is 0.397 e. The lowest BCUT2D eigenvalue weighted by atomic mass is 9.46. The number of rotatable bonds is 13. The first-order valence-electron chi connectivity index (χ1n) is 18.2. The van der Waals surface area contributed by atoms with Crippen molar-refractivity contribution in [2.24, 2.45) is 46.3 Å². The molecule has 3 saturated carbocycles. The van der Waals surface area contributed by atoms with Crippen LogP contribution in [0.5, 0.6) is 5.75 Å². The number of carboxylic acid groups (broad SMARTS) is 1. The number of carbonyl (C=O) groups is 2. The van der Waals surface area contributed by atoms with Gasteiger partial charge in [-0.15, -0.1) is 0 Å². The Bertz CT molecular complexity index is 1590. The lowest BCUT2D eigenvalue weighted by molar-refractivity contribution is -0.141. The molecule has 0 aliphatic heterocycles. The molecule has 50 heavy (non-hydrogen) atoms. The van der Waals surface area contributed by atoms with Crippen molar-refractivity contribution in [3.8, 4) is 5.75 Å². The number of hydrogen-bond acceptors (Lipinski definition) is 7. The third-order valence-electron chi connectivity index (χ3n) is 13.7. The molecule has 0 saturated heterocycles. The molecule has 1 amide bonds. The van der Waals surface area contributed by atoms with Crippen molar-refractivity contribution in [3.05, 3.63) is 53.1 Å². The minimum atomic E-state index is -4.52. The Balaban J connectivity index is 1.25. The van der Waals surface area contributed by atoms with Crippen molar-refractivity contribution < 1.29 is 41.3 Å². The predicted octanol–water partition coefficient (Wildman–Crippen LogP) is 7.33. The molecule has 11 heteroatoms. The van der Waals surface area contributed by atoms with Gasteiger partial charge in [0.15, 0.2) is 6.04 Å². The highest BCUT2D eigenvalue weighted by Crippen LogP contribution is 2.67. The fourth-order valence-electron chi connectivity index (χ4n) is 10.7. The summed E-state index contributed by atoms with van der Waals surface area (Å²) in [5, 5.41) is 12.5. The lowest BCUT2D eigenvalue weighted by Gasteiger charge is -2.60. The third kappa shape index (κ3) is 7.30. The molecule has 4 aliphatic rings. The van der Waals surface area contributed by atoms with Crippen molar-refractivity contribution in [1.82, 2.24) is 5.32 Å². The summed E-state index contributed by atoms with van der Waals surface area (Å²) in [6, 6.07) is 5.43. The molecule has 11 atom stereocenters. The van der Waals surface area contributed by atoms with Gasteiger partial charge >= 0.3 is 16.4 Å². The zero-order valence-corrected chi connectivity index (χ0v) is 31.6. The van der Waals surface area contributed by atoms with E-state index in [0.29, 0.717) is 41.1 Å². The second-order valence-electron chi connectivity index (χ2n) is 16.1. The van der Waals surface area contributed by atoms with Gasteiger partial charge in [0, 0.05) is 12.7 Å². The van der Waals surface area contributed by atoms with E-state index >= 15 is 0 Å². The predicted molar refractivity (Wildman–Crippen MR) is 191 cm³/mol. The van der Waals surface area contributed by atoms with E-state index in [2.05, 4.69) is 39.6 Å². The summed E-state index contributed by atoms with van der Waals surface area (Å²) in [6.07, 6.45) is 7.73. The Morgan fingerprint density at radius 3 is 2.34 bits per heavy atom. The van der Waals surface area contributed by atoms with Crippen molar-refractivity contribution in [1.29, 1.82) is 0 Å². The van der Waals surface area contributed by atoms with Gasteiger partial charge in [-0.1, -0.05) is 58.9 Å². The molecule has 0 spiro atoms. The Hall–Kier alpha value is -2.73. The van der Waals surface area contributed by atoms with Crippen LogP contribution in [-0.2, 0) is 28.9 Å². The second-order valence-corrected chi connectivity index (χ2v) is 17.2. The summed E-state index contributed by atoms with van der Waals surface area (Å²) < 4.78 is 49.2. The largest absolute Gasteiger partial charge is 0.497 e. The minimum absolute atomic E-state index is 0.00425. The van der Waals surface area contributed by atoms with Crippen LogP contribution in [0, 0.1) is 46.3 Å². The molecule has 10 nitrogen and oxygen atoms in total. The molecule has 11 unspecified atom stereocenters. The van der Waals surface area contributed by atoms with Crippen molar-refractivity contribution in [2.75, 3.05) is 14.2 Å². The molecular weight excluding hydrogens is 658 g/mol. The Labute approximate surface area is 298 Å². The molecule has 5 rings (SSSR count). The average Bonchev–Trinajstić information content (AvgIpc) is 3.43. The Kier molecular flexibility index (Phi) is 11.3. The summed E-state index contributed by atoms with van der Waals surface area (Å²) in [5.41, 5.74) is 3.96. The molecule has 0 aromatic heterocycles. The second kappa shape index (κ2) is 14.7. The average molecular weight is 716 g/mol. The monoisotopic (exact) mass is 715 g/mol. The normalized spacial score (nSPS) is 34.1. The van der Waals surface area contributed by atoms with E-state index < -0.39 is 34.4 Å². The SMILES string of the molecule is C=C(C(=O)NC(C(=O)O)c1ccc(OC)cc1)C(C)CCC(C)C1CCC2=C3C(OC)CC4C(C)C(OS(=O)(=O)O)CCC4(C)C3CCC21C. The molecular formula is C39H57NO9S. The molecule has 1 aromatic rings. The first kappa shape index (κ1) is 38.5. The van der Waals surface area contributed by atoms with E-state index in [4.69, 9.17) is 13.7 Å². The van der Waals surface area contributed by atoms with E-state index in [1.165, 1.54) is 12.7 Å². The molecule has 0 bridgehead atoms. The van der Waals surface area contributed by atoms with Gasteiger partial charge in [0.25, 0.3) is 0 Å². The number of carbonyl (C=O) groups excluding carboxylic acids is 1. The Morgan fingerprint density at radius 2 is 1.74 bits per heavy atom. The van der Waals surface area contributed by atoms with E-state index in [-0.39, 0.29) is 34.7 Å². The zero-order valence-electron chi connectivity index (χ0n) is 30.7. The van der Waals surface area contributed by atoms with Crippen molar-refractivity contribution in [2.45, 2.75) is 111 Å². The summed E-state index contributed by atoms with van der Waals surface area (Å²) in [5.74, 6) is 0.373. The topological polar surface area (TPSA) is 148 Å². The number of fused-ring (bicyclic) bond motifs is 4. The van der Waals surface area contributed by atoms with Crippen LogP contribution in [0.15, 0.2) is 47.6 Å². The van der Waals surface area contributed by atoms with E-state index in [0.717, 1.165) is 51.4 Å². The first-order valence-corrected chi connectivity index (χ1v) is 19.6. The molecule has 0 heterocycles. The van der Waals surface area contributed by atoms with Gasteiger partial charge in [-0.2, -0.15) is 8.42 Å². The fourth-order valence-corrected chi connectivity index (χ4v) is 11.3. The van der Waals surface area contributed by atoms with Crippen LogP contribution in [0.25, 0.3) is 0 Å². The number of amides is 1. The number of ether oxygens (including phenoxy) is 2. The van der Waals surface area contributed by atoms with Crippen LogP contribution in [0.4, 0.5) is 0 Å². The number of aliphatic carboxylic acids is 1. The van der Waals surface area contributed by atoms with Crippen molar-refractivity contribution >= 4 is 22.3 Å². The van der Waals surface area contributed by atoms with Crippen LogP contribution >= 0.6 is 0 Å². The molecule has 278 valence electrons. The number of nitrogens with one attached hydrogen (secondary N) is 1. The molecule has 3 N–H and O–H groups in total. The molecule has 0 radical (unpaired) electrons. The van der Waals surface area contributed by atoms with Gasteiger partial charge < -0.3 is 19.9 Å². The van der Waals surface area contributed by atoms with E-state index in [1.54, 1.807) is 36.9 Å². The number of hydrogen-bond donors (Lipinski definition) is 3. The van der Waals surface area contributed by atoms with Crippen LogP contribution in [0.1, 0.15) is 104 Å². The zero-order chi connectivity index (χ0) is 36.8. The van der Waals surface area contributed by atoms with Gasteiger partial charge in [-0.05, 0) is 127 Å². The Morgan fingerprint density at radius 1 is 1.06 bits per heavy atom. The highest BCUT2D eigenvalue weighted by molar-refractivity contribution is 7.80. The summed E-state index contributed by atoms with van der Waals surface area (Å²) in [6.45, 7) is 15.3. The summed E-state index contributed by atoms with van der Waals surface area (Å²) in [7, 11) is -1.19. The maximum Gasteiger partial charge on any atom is 0.397 e. The summed E-state index contributed by atoms with van der Waals surface area (Å²) in [4.78, 5) is 25.2. The number of methoxy groups -OCH3 is 2. The van der Waals surface area contributed by atoms with Gasteiger partial charge in [0.2, 0.25) is 5.91 Å². The number of benzene rings is 1. The summed E-state index contributed by atoms with van der Waals surface area (Å²) >= 11 is 0. The van der Waals surface area contributed by atoms with Crippen LogP contribution in [-0.4, -0.2) is 56.4 Å². The van der Waals surface area contributed by atoms with Crippen LogP contribution in [0.2, 0.25) is 0 Å². The third-order valence-corrected chi connectivity index (χ3v) is 14.2. The first-order chi connectivity index (χ1) is 23.4. The van der Waals surface area contributed by atoms with Gasteiger partial charge in [0.05, 0.1) is 19.3 Å². The van der Waals surface area contributed by atoms with E-state index in [9.17, 15) is 27.7 Å².